The van der Waals surface area contributed by atoms with E-state index in [9.17, 15) is 10.1 Å². The van der Waals surface area contributed by atoms with E-state index in [1.807, 2.05) is 6.07 Å². The van der Waals surface area contributed by atoms with Crippen LogP contribution in [0.4, 0.5) is 5.69 Å². The molecule has 6 heteroatoms. The van der Waals surface area contributed by atoms with Crippen molar-refractivity contribution in [3.8, 4) is 0 Å². The molecule has 0 atom stereocenters. The predicted molar refractivity (Wildman–Crippen MR) is 84.9 cm³/mol. The van der Waals surface area contributed by atoms with Crippen molar-refractivity contribution in [3.63, 3.8) is 0 Å². The van der Waals surface area contributed by atoms with Crippen molar-refractivity contribution < 1.29 is 4.92 Å². The molecule has 0 N–H and O–H groups in total. The Morgan fingerprint density at radius 3 is 2.50 bits per heavy atom. The Balaban J connectivity index is 2.77. The maximum absolute atomic E-state index is 11.0. The van der Waals surface area contributed by atoms with Crippen LogP contribution in [0.2, 0.25) is 0 Å². The second kappa shape index (κ2) is 8.34. The van der Waals surface area contributed by atoms with Gasteiger partial charge in [0.05, 0.1) is 9.40 Å². The summed E-state index contributed by atoms with van der Waals surface area (Å²) in [6.45, 7) is 5.84. The molecule has 0 radical (unpaired) electrons. The van der Waals surface area contributed by atoms with Crippen molar-refractivity contribution in [3.05, 3.63) is 38.3 Å². The molecule has 1 rings (SSSR count). The zero-order chi connectivity index (χ0) is 15.1. The maximum atomic E-state index is 11.0. The summed E-state index contributed by atoms with van der Waals surface area (Å²) in [5.41, 5.74) is 1.11. The van der Waals surface area contributed by atoms with Crippen LogP contribution in [-0.4, -0.2) is 48.5 Å². The first-order valence-electron chi connectivity index (χ1n) is 6.74. The topological polar surface area (TPSA) is 49.6 Å². The zero-order valence-corrected chi connectivity index (χ0v) is 13.9. The van der Waals surface area contributed by atoms with E-state index in [2.05, 4.69) is 46.7 Å². The van der Waals surface area contributed by atoms with Gasteiger partial charge in [-0.1, -0.05) is 13.0 Å². The molecule has 0 unspecified atom stereocenters. The monoisotopic (exact) mass is 343 g/mol. The van der Waals surface area contributed by atoms with Gasteiger partial charge in [0.15, 0.2) is 0 Å². The average Bonchev–Trinajstić information content (AvgIpc) is 2.38. The molecule has 0 aliphatic rings. The molecular weight excluding hydrogens is 322 g/mol. The Bertz CT molecular complexity index is 452. The second-order valence-corrected chi connectivity index (χ2v) is 5.98. The van der Waals surface area contributed by atoms with Crippen LogP contribution >= 0.6 is 15.9 Å². The fraction of sp³-hybridized carbons (Fsp3) is 0.571. The Morgan fingerprint density at radius 2 is 1.95 bits per heavy atom. The molecule has 112 valence electrons. The third kappa shape index (κ3) is 5.56. The Morgan fingerprint density at radius 1 is 1.25 bits per heavy atom. The molecule has 1 aromatic rings. The van der Waals surface area contributed by atoms with Gasteiger partial charge >= 0.3 is 0 Å². The van der Waals surface area contributed by atoms with Gasteiger partial charge in [-0.15, -0.1) is 0 Å². The highest BCUT2D eigenvalue weighted by Crippen LogP contribution is 2.26. The summed E-state index contributed by atoms with van der Waals surface area (Å²) >= 11 is 3.22. The standard InChI is InChI=1S/C14H22BrN3O2/c1-4-7-17(9-8-16(2)3)11-12-5-6-13(15)14(10-12)18(19)20/h5-6,10H,4,7-9,11H2,1-3H3. The van der Waals surface area contributed by atoms with Crippen LogP contribution in [0.5, 0.6) is 0 Å². The number of nitrogens with zero attached hydrogens (tertiary/aromatic N) is 3. The van der Waals surface area contributed by atoms with E-state index in [4.69, 9.17) is 0 Å². The summed E-state index contributed by atoms with van der Waals surface area (Å²) in [6, 6.07) is 5.35. The molecule has 0 heterocycles. The molecule has 0 saturated heterocycles. The predicted octanol–water partition coefficient (Wildman–Crippen LogP) is 3.13. The SMILES string of the molecule is CCCN(CCN(C)C)Cc1ccc(Br)c([N+](=O)[O-])c1. The molecule has 0 aliphatic heterocycles. The lowest BCUT2D eigenvalue weighted by molar-refractivity contribution is -0.385. The van der Waals surface area contributed by atoms with Crippen LogP contribution in [0.3, 0.4) is 0 Å². The Hall–Kier alpha value is -0.980. The van der Waals surface area contributed by atoms with Crippen LogP contribution in [0, 0.1) is 10.1 Å². The van der Waals surface area contributed by atoms with Crippen molar-refractivity contribution in [1.82, 2.24) is 9.80 Å². The summed E-state index contributed by atoms with van der Waals surface area (Å²) in [5.74, 6) is 0. The molecule has 0 saturated carbocycles. The summed E-state index contributed by atoms with van der Waals surface area (Å²) in [5, 5.41) is 11.0. The highest BCUT2D eigenvalue weighted by atomic mass is 79.9. The van der Waals surface area contributed by atoms with Crippen molar-refractivity contribution in [1.29, 1.82) is 0 Å². The fourth-order valence-electron chi connectivity index (χ4n) is 1.98. The van der Waals surface area contributed by atoms with E-state index in [1.54, 1.807) is 12.1 Å². The van der Waals surface area contributed by atoms with E-state index in [0.717, 1.165) is 38.2 Å². The van der Waals surface area contributed by atoms with Gasteiger partial charge in [0.25, 0.3) is 5.69 Å². The second-order valence-electron chi connectivity index (χ2n) is 5.12. The third-order valence-electron chi connectivity index (χ3n) is 3.02. The molecule has 0 fully saturated rings. The van der Waals surface area contributed by atoms with E-state index in [-0.39, 0.29) is 10.6 Å². The number of rotatable bonds is 8. The molecule has 5 nitrogen and oxygen atoms in total. The average molecular weight is 344 g/mol. The van der Waals surface area contributed by atoms with E-state index in [1.165, 1.54) is 0 Å². The fourth-order valence-corrected chi connectivity index (χ4v) is 2.37. The molecule has 0 bridgehead atoms. The lowest BCUT2D eigenvalue weighted by Gasteiger charge is -2.23. The van der Waals surface area contributed by atoms with Gasteiger partial charge in [-0.25, -0.2) is 0 Å². The number of halogens is 1. The molecule has 0 spiro atoms. The van der Waals surface area contributed by atoms with Crippen molar-refractivity contribution in [2.75, 3.05) is 33.7 Å². The first-order chi connectivity index (χ1) is 9.43. The van der Waals surface area contributed by atoms with Gasteiger partial charge in [-0.3, -0.25) is 15.0 Å². The van der Waals surface area contributed by atoms with Crippen LogP contribution in [0.25, 0.3) is 0 Å². The quantitative estimate of drug-likeness (QED) is 0.537. The van der Waals surface area contributed by atoms with Crippen LogP contribution in [-0.2, 0) is 6.54 Å². The van der Waals surface area contributed by atoms with E-state index >= 15 is 0 Å². The number of hydrogen-bond acceptors (Lipinski definition) is 4. The summed E-state index contributed by atoms with van der Waals surface area (Å²) in [6.07, 6.45) is 1.08. The lowest BCUT2D eigenvalue weighted by atomic mass is 10.2. The Labute approximate surface area is 128 Å². The highest BCUT2D eigenvalue weighted by molar-refractivity contribution is 9.10. The minimum absolute atomic E-state index is 0.131. The van der Waals surface area contributed by atoms with Crippen LogP contribution in [0.1, 0.15) is 18.9 Å². The van der Waals surface area contributed by atoms with Crippen molar-refractivity contribution in [2.24, 2.45) is 0 Å². The largest absolute Gasteiger partial charge is 0.308 e. The molecule has 0 aromatic heterocycles. The van der Waals surface area contributed by atoms with Gasteiger partial charge in [-0.2, -0.15) is 0 Å². The number of hydrogen-bond donors (Lipinski definition) is 0. The van der Waals surface area contributed by atoms with Gasteiger partial charge in [0.2, 0.25) is 0 Å². The van der Waals surface area contributed by atoms with E-state index in [0.29, 0.717) is 4.47 Å². The zero-order valence-electron chi connectivity index (χ0n) is 12.3. The Kier molecular flexibility index (Phi) is 7.12. The maximum Gasteiger partial charge on any atom is 0.283 e. The van der Waals surface area contributed by atoms with E-state index < -0.39 is 0 Å². The molecule has 0 amide bonds. The number of benzene rings is 1. The van der Waals surface area contributed by atoms with Gasteiger partial charge in [0.1, 0.15) is 0 Å². The summed E-state index contributed by atoms with van der Waals surface area (Å²) < 4.78 is 0.529. The minimum atomic E-state index is -0.350. The third-order valence-corrected chi connectivity index (χ3v) is 3.69. The minimum Gasteiger partial charge on any atom is -0.308 e. The highest BCUT2D eigenvalue weighted by Gasteiger charge is 2.14. The lowest BCUT2D eigenvalue weighted by Crippen LogP contribution is -2.32. The number of nitro groups is 1. The summed E-state index contributed by atoms with van der Waals surface area (Å²) in [7, 11) is 4.10. The first-order valence-corrected chi connectivity index (χ1v) is 7.53. The van der Waals surface area contributed by atoms with Crippen molar-refractivity contribution >= 4 is 21.6 Å². The molecular formula is C14H22BrN3O2. The van der Waals surface area contributed by atoms with Crippen molar-refractivity contribution in [2.45, 2.75) is 19.9 Å². The molecule has 20 heavy (non-hydrogen) atoms. The normalized spacial score (nSPS) is 11.3. The number of likely N-dealkylation sites (N-methyl/N-ethyl adjacent to an activating group) is 1. The molecule has 1 aromatic carbocycles. The van der Waals surface area contributed by atoms with Gasteiger partial charge in [0, 0.05) is 25.7 Å². The molecule has 0 aliphatic carbocycles. The van der Waals surface area contributed by atoms with Gasteiger partial charge in [-0.05, 0) is 54.6 Å². The van der Waals surface area contributed by atoms with Crippen LogP contribution in [0.15, 0.2) is 22.7 Å². The first kappa shape index (κ1) is 17.1. The smallest absolute Gasteiger partial charge is 0.283 e. The summed E-state index contributed by atoms with van der Waals surface area (Å²) in [4.78, 5) is 15.1. The number of nitro benzene ring substituents is 1. The van der Waals surface area contributed by atoms with Crippen LogP contribution < -0.4 is 0 Å². The van der Waals surface area contributed by atoms with Gasteiger partial charge < -0.3 is 4.90 Å².